The summed E-state index contributed by atoms with van der Waals surface area (Å²) in [5.41, 5.74) is 1.44. The number of hydrogen-bond acceptors (Lipinski definition) is 4. The Kier molecular flexibility index (Phi) is 5.81. The van der Waals surface area contributed by atoms with Crippen LogP contribution in [-0.2, 0) is 18.4 Å². The molecule has 4 heteroatoms. The summed E-state index contributed by atoms with van der Waals surface area (Å²) in [5.74, 6) is 0. The van der Waals surface area contributed by atoms with E-state index in [1.165, 1.54) is 28.4 Å². The van der Waals surface area contributed by atoms with Crippen molar-refractivity contribution in [2.75, 3.05) is 19.6 Å². The standard InChI is InChI=1S/C17H31N3S/c1-6-20(7-2)11-10-15-19-16(17(3,4)5)14(21-15)12-18-13-8-9-13/h13,18H,6-12H2,1-5H3. The van der Waals surface area contributed by atoms with Crippen LogP contribution < -0.4 is 5.32 Å². The van der Waals surface area contributed by atoms with Crippen LogP contribution in [0.15, 0.2) is 0 Å². The fraction of sp³-hybridized carbons (Fsp3) is 0.824. The van der Waals surface area contributed by atoms with Crippen molar-refractivity contribution in [3.8, 4) is 0 Å². The highest BCUT2D eigenvalue weighted by Gasteiger charge is 2.25. The van der Waals surface area contributed by atoms with Gasteiger partial charge >= 0.3 is 0 Å². The maximum absolute atomic E-state index is 4.97. The molecule has 1 aliphatic carbocycles. The van der Waals surface area contributed by atoms with Gasteiger partial charge in [0, 0.05) is 35.8 Å². The molecule has 0 saturated heterocycles. The van der Waals surface area contributed by atoms with E-state index in [0.29, 0.717) is 0 Å². The number of hydrogen-bond donors (Lipinski definition) is 1. The first-order chi connectivity index (χ1) is 9.94. The molecule has 1 aromatic heterocycles. The summed E-state index contributed by atoms with van der Waals surface area (Å²) in [7, 11) is 0. The molecule has 0 aliphatic heterocycles. The maximum Gasteiger partial charge on any atom is 0.0944 e. The van der Waals surface area contributed by atoms with Gasteiger partial charge in [0.25, 0.3) is 0 Å². The van der Waals surface area contributed by atoms with Crippen LogP contribution in [0, 0.1) is 0 Å². The van der Waals surface area contributed by atoms with Crippen LogP contribution in [0.4, 0.5) is 0 Å². The van der Waals surface area contributed by atoms with E-state index in [1.54, 1.807) is 0 Å². The van der Waals surface area contributed by atoms with Gasteiger partial charge in [-0.05, 0) is 25.9 Å². The van der Waals surface area contributed by atoms with E-state index < -0.39 is 0 Å². The maximum atomic E-state index is 4.97. The van der Waals surface area contributed by atoms with Gasteiger partial charge in [-0.1, -0.05) is 34.6 Å². The summed E-state index contributed by atoms with van der Waals surface area (Å²) in [6.07, 6.45) is 3.77. The van der Waals surface area contributed by atoms with Crippen molar-refractivity contribution in [1.82, 2.24) is 15.2 Å². The van der Waals surface area contributed by atoms with Crippen molar-refractivity contribution < 1.29 is 0 Å². The SMILES string of the molecule is CCN(CC)CCc1nc(C(C)(C)C)c(CNC2CC2)s1. The first-order valence-corrected chi connectivity index (χ1v) is 9.20. The third-order valence-electron chi connectivity index (χ3n) is 4.12. The van der Waals surface area contributed by atoms with Gasteiger partial charge in [-0.3, -0.25) is 0 Å². The summed E-state index contributed by atoms with van der Waals surface area (Å²) < 4.78 is 0. The molecule has 2 rings (SSSR count). The Morgan fingerprint density at radius 3 is 2.43 bits per heavy atom. The second-order valence-corrected chi connectivity index (χ2v) is 8.23. The monoisotopic (exact) mass is 309 g/mol. The van der Waals surface area contributed by atoms with Gasteiger partial charge in [-0.15, -0.1) is 11.3 Å². The Morgan fingerprint density at radius 1 is 1.24 bits per heavy atom. The number of likely N-dealkylation sites (N-methyl/N-ethyl adjacent to an activating group) is 1. The molecule has 0 aromatic carbocycles. The highest BCUT2D eigenvalue weighted by atomic mass is 32.1. The molecule has 0 amide bonds. The Balaban J connectivity index is 2.03. The molecular weight excluding hydrogens is 278 g/mol. The second kappa shape index (κ2) is 7.21. The van der Waals surface area contributed by atoms with Crippen LogP contribution in [0.2, 0.25) is 0 Å². The molecule has 1 saturated carbocycles. The zero-order valence-corrected chi connectivity index (χ0v) is 15.1. The number of aromatic nitrogens is 1. The van der Waals surface area contributed by atoms with Gasteiger partial charge in [0.1, 0.15) is 0 Å². The number of nitrogens with one attached hydrogen (secondary N) is 1. The molecule has 0 spiro atoms. The Morgan fingerprint density at radius 2 is 1.90 bits per heavy atom. The summed E-state index contributed by atoms with van der Waals surface area (Å²) in [6.45, 7) is 15.7. The second-order valence-electron chi connectivity index (χ2n) is 7.06. The highest BCUT2D eigenvalue weighted by molar-refractivity contribution is 7.11. The van der Waals surface area contributed by atoms with Gasteiger partial charge in [0.05, 0.1) is 10.7 Å². The van der Waals surface area contributed by atoms with E-state index in [-0.39, 0.29) is 5.41 Å². The largest absolute Gasteiger partial charge is 0.309 e. The average molecular weight is 310 g/mol. The molecule has 1 fully saturated rings. The quantitative estimate of drug-likeness (QED) is 0.795. The Hall–Kier alpha value is -0.450. The molecular formula is C17H31N3S. The number of nitrogens with zero attached hydrogens (tertiary/aromatic N) is 2. The number of rotatable bonds is 8. The predicted molar refractivity (Wildman–Crippen MR) is 92.2 cm³/mol. The van der Waals surface area contributed by atoms with Gasteiger partial charge in [0.2, 0.25) is 0 Å². The normalized spacial score (nSPS) is 15.9. The third-order valence-corrected chi connectivity index (χ3v) is 5.23. The van der Waals surface area contributed by atoms with Gasteiger partial charge in [-0.25, -0.2) is 4.98 Å². The van der Waals surface area contributed by atoms with Crippen molar-refractivity contribution in [2.24, 2.45) is 0 Å². The lowest BCUT2D eigenvalue weighted by molar-refractivity contribution is 0.307. The fourth-order valence-electron chi connectivity index (χ4n) is 2.53. The van der Waals surface area contributed by atoms with Crippen molar-refractivity contribution in [3.63, 3.8) is 0 Å². The molecule has 120 valence electrons. The van der Waals surface area contributed by atoms with Crippen LogP contribution in [0.1, 0.15) is 63.0 Å². The molecule has 21 heavy (non-hydrogen) atoms. The van der Waals surface area contributed by atoms with E-state index >= 15 is 0 Å². The molecule has 1 aliphatic rings. The first kappa shape index (κ1) is 16.9. The van der Waals surface area contributed by atoms with Crippen molar-refractivity contribution in [1.29, 1.82) is 0 Å². The molecule has 0 unspecified atom stereocenters. The van der Waals surface area contributed by atoms with Crippen LogP contribution in [-0.4, -0.2) is 35.6 Å². The topological polar surface area (TPSA) is 28.2 Å². The third kappa shape index (κ3) is 5.04. The van der Waals surface area contributed by atoms with Crippen molar-refractivity contribution in [3.05, 3.63) is 15.6 Å². The highest BCUT2D eigenvalue weighted by Crippen LogP contribution is 2.31. The minimum Gasteiger partial charge on any atom is -0.309 e. The lowest BCUT2D eigenvalue weighted by atomic mass is 9.91. The van der Waals surface area contributed by atoms with Crippen LogP contribution >= 0.6 is 11.3 Å². The van der Waals surface area contributed by atoms with Gasteiger partial charge in [0.15, 0.2) is 0 Å². The van der Waals surface area contributed by atoms with Gasteiger partial charge in [-0.2, -0.15) is 0 Å². The molecule has 0 bridgehead atoms. The molecule has 3 nitrogen and oxygen atoms in total. The van der Waals surface area contributed by atoms with Crippen molar-refractivity contribution >= 4 is 11.3 Å². The van der Waals surface area contributed by atoms with E-state index in [1.807, 2.05) is 11.3 Å². The summed E-state index contributed by atoms with van der Waals surface area (Å²) in [6, 6.07) is 0.763. The zero-order chi connectivity index (χ0) is 15.5. The minimum absolute atomic E-state index is 0.143. The van der Waals surface area contributed by atoms with E-state index in [2.05, 4.69) is 44.8 Å². The lowest BCUT2D eigenvalue weighted by Gasteiger charge is -2.18. The molecule has 0 atom stereocenters. The van der Waals surface area contributed by atoms with E-state index in [0.717, 1.165) is 38.6 Å². The van der Waals surface area contributed by atoms with Crippen LogP contribution in [0.5, 0.6) is 0 Å². The van der Waals surface area contributed by atoms with Gasteiger partial charge < -0.3 is 10.2 Å². The fourth-order valence-corrected chi connectivity index (χ4v) is 3.75. The predicted octanol–water partition coefficient (Wildman–Crippen LogP) is 3.58. The lowest BCUT2D eigenvalue weighted by Crippen LogP contribution is -2.25. The van der Waals surface area contributed by atoms with Crippen molar-refractivity contribution in [2.45, 2.75) is 71.9 Å². The first-order valence-electron chi connectivity index (χ1n) is 8.38. The molecule has 1 aromatic rings. The smallest absolute Gasteiger partial charge is 0.0944 e. The Bertz CT molecular complexity index is 439. The average Bonchev–Trinajstić information content (AvgIpc) is 3.16. The summed E-state index contributed by atoms with van der Waals surface area (Å²) in [5, 5.41) is 4.95. The van der Waals surface area contributed by atoms with Crippen LogP contribution in [0.3, 0.4) is 0 Å². The molecule has 1 N–H and O–H groups in total. The van der Waals surface area contributed by atoms with E-state index in [4.69, 9.17) is 4.98 Å². The molecule has 1 heterocycles. The Labute approximate surface area is 134 Å². The minimum atomic E-state index is 0.143. The van der Waals surface area contributed by atoms with E-state index in [9.17, 15) is 0 Å². The number of thiazole rings is 1. The molecule has 0 radical (unpaired) electrons. The van der Waals surface area contributed by atoms with Crippen LogP contribution in [0.25, 0.3) is 0 Å². The summed E-state index contributed by atoms with van der Waals surface area (Å²) >= 11 is 1.92. The zero-order valence-electron chi connectivity index (χ0n) is 14.3. The summed E-state index contributed by atoms with van der Waals surface area (Å²) in [4.78, 5) is 8.89.